The van der Waals surface area contributed by atoms with Crippen molar-refractivity contribution >= 4 is 0 Å². The molecule has 0 aromatic carbocycles. The van der Waals surface area contributed by atoms with Crippen LogP contribution in [0.3, 0.4) is 0 Å². The van der Waals surface area contributed by atoms with Gasteiger partial charge in [-0.25, -0.2) is 0 Å². The Bertz CT molecular complexity index is 297. The average molecular weight is 193 g/mol. The van der Waals surface area contributed by atoms with Crippen LogP contribution >= 0.6 is 0 Å². The fourth-order valence-corrected chi connectivity index (χ4v) is 2.41. The van der Waals surface area contributed by atoms with E-state index in [1.54, 1.807) is 0 Å². The highest BCUT2D eigenvalue weighted by atomic mass is 15.3. The minimum atomic E-state index is 0.118. The number of hydrogen-bond donors (Lipinski definition) is 1. The highest BCUT2D eigenvalue weighted by molar-refractivity contribution is 5.03. The molecule has 78 valence electrons. The number of hydrogen-bond acceptors (Lipinski definition) is 2. The third-order valence-corrected chi connectivity index (χ3v) is 3.36. The molecule has 3 nitrogen and oxygen atoms in total. The first-order chi connectivity index (χ1) is 6.77. The summed E-state index contributed by atoms with van der Waals surface area (Å²) in [6.07, 6.45) is 10.3. The van der Waals surface area contributed by atoms with E-state index in [4.69, 9.17) is 5.73 Å². The summed E-state index contributed by atoms with van der Waals surface area (Å²) in [5.74, 6) is 0. The van der Waals surface area contributed by atoms with E-state index in [9.17, 15) is 0 Å². The Hall–Kier alpha value is -0.830. The van der Waals surface area contributed by atoms with Gasteiger partial charge in [-0.3, -0.25) is 4.68 Å². The monoisotopic (exact) mass is 193 g/mol. The largest absolute Gasteiger partial charge is 0.328 e. The first-order valence-electron chi connectivity index (χ1n) is 5.49. The van der Waals surface area contributed by atoms with Gasteiger partial charge in [-0.05, 0) is 25.3 Å². The van der Waals surface area contributed by atoms with Crippen LogP contribution in [0.25, 0.3) is 0 Å². The minimum Gasteiger partial charge on any atom is -0.328 e. The van der Waals surface area contributed by atoms with Crippen molar-refractivity contribution in [1.29, 1.82) is 0 Å². The standard InChI is InChI=1S/C11H19N3/c1-10-7-13-14(8-10)11(9-12)5-3-2-4-6-11/h7-8H,2-6,9,12H2,1H3. The fourth-order valence-electron chi connectivity index (χ4n) is 2.41. The maximum Gasteiger partial charge on any atom is 0.0749 e. The minimum absolute atomic E-state index is 0.118. The van der Waals surface area contributed by atoms with E-state index < -0.39 is 0 Å². The van der Waals surface area contributed by atoms with E-state index in [1.807, 2.05) is 6.20 Å². The molecule has 1 aromatic rings. The molecule has 2 rings (SSSR count). The molecule has 1 aliphatic rings. The molecule has 0 saturated heterocycles. The van der Waals surface area contributed by atoms with Crippen molar-refractivity contribution in [3.8, 4) is 0 Å². The maximum atomic E-state index is 5.92. The molecule has 1 aliphatic carbocycles. The van der Waals surface area contributed by atoms with Crippen LogP contribution in [0.15, 0.2) is 12.4 Å². The van der Waals surface area contributed by atoms with Crippen molar-refractivity contribution in [2.24, 2.45) is 5.73 Å². The van der Waals surface area contributed by atoms with Crippen molar-refractivity contribution in [2.75, 3.05) is 6.54 Å². The summed E-state index contributed by atoms with van der Waals surface area (Å²) in [6.45, 7) is 2.80. The zero-order valence-electron chi connectivity index (χ0n) is 8.87. The van der Waals surface area contributed by atoms with Crippen LogP contribution < -0.4 is 5.73 Å². The molecular weight excluding hydrogens is 174 g/mol. The summed E-state index contributed by atoms with van der Waals surface area (Å²) in [6, 6.07) is 0. The third kappa shape index (κ3) is 1.57. The molecule has 0 bridgehead atoms. The maximum absolute atomic E-state index is 5.92. The molecule has 0 radical (unpaired) electrons. The molecule has 0 spiro atoms. The van der Waals surface area contributed by atoms with Gasteiger partial charge in [-0.2, -0.15) is 5.10 Å². The Morgan fingerprint density at radius 3 is 2.64 bits per heavy atom. The average Bonchev–Trinajstić information content (AvgIpc) is 2.66. The van der Waals surface area contributed by atoms with E-state index >= 15 is 0 Å². The molecule has 0 atom stereocenters. The smallest absolute Gasteiger partial charge is 0.0749 e. The van der Waals surface area contributed by atoms with Gasteiger partial charge in [0.15, 0.2) is 0 Å². The van der Waals surface area contributed by atoms with Gasteiger partial charge in [0.25, 0.3) is 0 Å². The van der Waals surface area contributed by atoms with Crippen molar-refractivity contribution in [3.05, 3.63) is 18.0 Å². The summed E-state index contributed by atoms with van der Waals surface area (Å²) in [5, 5.41) is 4.42. The van der Waals surface area contributed by atoms with E-state index in [0.717, 1.165) is 0 Å². The summed E-state index contributed by atoms with van der Waals surface area (Å²) >= 11 is 0. The normalized spacial score (nSPS) is 21.0. The van der Waals surface area contributed by atoms with Crippen LogP contribution in [-0.2, 0) is 5.54 Å². The van der Waals surface area contributed by atoms with Gasteiger partial charge in [0, 0.05) is 12.7 Å². The second-order valence-corrected chi connectivity index (χ2v) is 4.45. The Morgan fingerprint density at radius 2 is 2.14 bits per heavy atom. The van der Waals surface area contributed by atoms with Gasteiger partial charge in [0.05, 0.1) is 11.7 Å². The van der Waals surface area contributed by atoms with Gasteiger partial charge < -0.3 is 5.73 Å². The molecule has 14 heavy (non-hydrogen) atoms. The van der Waals surface area contributed by atoms with Gasteiger partial charge in [-0.1, -0.05) is 19.3 Å². The Labute approximate surface area is 85.3 Å². The summed E-state index contributed by atoms with van der Waals surface area (Å²) < 4.78 is 2.10. The predicted octanol–water partition coefficient (Wildman–Crippen LogP) is 1.81. The predicted molar refractivity (Wildman–Crippen MR) is 57.1 cm³/mol. The molecule has 1 fully saturated rings. The lowest BCUT2D eigenvalue weighted by Gasteiger charge is -2.36. The van der Waals surface area contributed by atoms with E-state index in [-0.39, 0.29) is 5.54 Å². The highest BCUT2D eigenvalue weighted by Gasteiger charge is 2.32. The number of aryl methyl sites for hydroxylation is 1. The van der Waals surface area contributed by atoms with Crippen LogP contribution in [0.4, 0.5) is 0 Å². The third-order valence-electron chi connectivity index (χ3n) is 3.36. The number of aromatic nitrogens is 2. The van der Waals surface area contributed by atoms with Crippen LogP contribution in [-0.4, -0.2) is 16.3 Å². The van der Waals surface area contributed by atoms with Crippen molar-refractivity contribution < 1.29 is 0 Å². The van der Waals surface area contributed by atoms with E-state index in [2.05, 4.69) is 22.9 Å². The first kappa shape index (κ1) is 9.71. The van der Waals surface area contributed by atoms with Gasteiger partial charge in [0.2, 0.25) is 0 Å². The summed E-state index contributed by atoms with van der Waals surface area (Å²) in [5.41, 5.74) is 7.26. The molecule has 1 aromatic heterocycles. The molecule has 1 heterocycles. The molecule has 0 amide bonds. The first-order valence-corrected chi connectivity index (χ1v) is 5.49. The second kappa shape index (κ2) is 3.73. The van der Waals surface area contributed by atoms with Crippen molar-refractivity contribution in [3.63, 3.8) is 0 Å². The van der Waals surface area contributed by atoms with Crippen LogP contribution in [0.1, 0.15) is 37.7 Å². The lowest BCUT2D eigenvalue weighted by Crippen LogP contribution is -2.43. The molecule has 1 saturated carbocycles. The lowest BCUT2D eigenvalue weighted by atomic mass is 9.82. The Morgan fingerprint density at radius 1 is 1.43 bits per heavy atom. The number of rotatable bonds is 2. The second-order valence-electron chi connectivity index (χ2n) is 4.45. The Kier molecular flexibility index (Phi) is 2.59. The van der Waals surface area contributed by atoms with Crippen molar-refractivity contribution in [2.45, 2.75) is 44.6 Å². The Balaban J connectivity index is 2.26. The van der Waals surface area contributed by atoms with Crippen LogP contribution in [0, 0.1) is 6.92 Å². The molecule has 0 unspecified atom stereocenters. The molecule has 0 aliphatic heterocycles. The fraction of sp³-hybridized carbons (Fsp3) is 0.727. The topological polar surface area (TPSA) is 43.8 Å². The SMILES string of the molecule is Cc1cnn(C2(CN)CCCCC2)c1. The highest BCUT2D eigenvalue weighted by Crippen LogP contribution is 2.33. The van der Waals surface area contributed by atoms with Gasteiger partial charge in [-0.15, -0.1) is 0 Å². The van der Waals surface area contributed by atoms with Crippen LogP contribution in [0.5, 0.6) is 0 Å². The van der Waals surface area contributed by atoms with Gasteiger partial charge in [0.1, 0.15) is 0 Å². The summed E-state index contributed by atoms with van der Waals surface area (Å²) in [7, 11) is 0. The number of nitrogens with two attached hydrogens (primary N) is 1. The van der Waals surface area contributed by atoms with Crippen LogP contribution in [0.2, 0.25) is 0 Å². The summed E-state index contributed by atoms with van der Waals surface area (Å²) in [4.78, 5) is 0. The molecular formula is C11H19N3. The van der Waals surface area contributed by atoms with Crippen molar-refractivity contribution in [1.82, 2.24) is 9.78 Å². The zero-order valence-corrected chi connectivity index (χ0v) is 8.87. The van der Waals surface area contributed by atoms with E-state index in [1.165, 1.54) is 37.7 Å². The van der Waals surface area contributed by atoms with E-state index in [0.29, 0.717) is 6.54 Å². The molecule has 2 N–H and O–H groups in total. The molecule has 3 heteroatoms. The quantitative estimate of drug-likeness (QED) is 0.778. The zero-order chi connectivity index (χ0) is 10.0. The number of nitrogens with zero attached hydrogens (tertiary/aromatic N) is 2. The van der Waals surface area contributed by atoms with Gasteiger partial charge >= 0.3 is 0 Å². The lowest BCUT2D eigenvalue weighted by molar-refractivity contribution is 0.182.